The molecule has 0 amide bonds. The third-order valence-electron chi connectivity index (χ3n) is 2.19. The van der Waals surface area contributed by atoms with Crippen LogP contribution >= 0.6 is 0 Å². The van der Waals surface area contributed by atoms with Crippen LogP contribution in [0.15, 0.2) is 41.3 Å². The van der Waals surface area contributed by atoms with E-state index in [1.54, 1.807) is 6.20 Å². The number of benzene rings is 1. The molecule has 0 bridgehead atoms. The van der Waals surface area contributed by atoms with Crippen molar-refractivity contribution in [3.05, 3.63) is 46.9 Å². The number of fused-ring (bicyclic) bond motifs is 1. The Bertz CT molecular complexity index is 599. The van der Waals surface area contributed by atoms with Gasteiger partial charge in [-0.05, 0) is 17.5 Å². The maximum Gasteiger partial charge on any atom is 0.270 e. The van der Waals surface area contributed by atoms with Gasteiger partial charge < -0.3 is 0 Å². The summed E-state index contributed by atoms with van der Waals surface area (Å²) in [6.45, 7) is 1.96. The molecule has 0 N–H and O–H groups in total. The third-order valence-corrected chi connectivity index (χ3v) is 2.19. The summed E-state index contributed by atoms with van der Waals surface area (Å²) in [5.74, 6) is 2.88. The van der Waals surface area contributed by atoms with Crippen LogP contribution in [-0.4, -0.2) is 4.57 Å². The molecule has 0 saturated heterocycles. The largest absolute Gasteiger partial charge is 0.270 e. The molecule has 1 heterocycles. The minimum Gasteiger partial charge on any atom is -0.268 e. The highest BCUT2D eigenvalue weighted by atomic mass is 16.1. The fourth-order valence-corrected chi connectivity index (χ4v) is 1.44. The summed E-state index contributed by atoms with van der Waals surface area (Å²) >= 11 is 0. The fourth-order valence-electron chi connectivity index (χ4n) is 1.44. The zero-order valence-corrected chi connectivity index (χ0v) is 8.53. The molecule has 0 radical (unpaired) electrons. The van der Waals surface area contributed by atoms with Crippen molar-refractivity contribution in [3.63, 3.8) is 0 Å². The molecule has 0 aliphatic heterocycles. The Morgan fingerprint density at radius 1 is 1.27 bits per heavy atom. The van der Waals surface area contributed by atoms with Crippen LogP contribution in [-0.2, 0) is 0 Å². The first-order valence-corrected chi connectivity index (χ1v) is 4.92. The van der Waals surface area contributed by atoms with Crippen molar-refractivity contribution in [3.8, 4) is 12.0 Å². The first-order valence-electron chi connectivity index (χ1n) is 4.92. The van der Waals surface area contributed by atoms with Crippen LogP contribution in [0.2, 0.25) is 0 Å². The molecule has 0 aliphatic carbocycles. The lowest BCUT2D eigenvalue weighted by Crippen LogP contribution is -2.15. The minimum atomic E-state index is -0.0472. The van der Waals surface area contributed by atoms with Gasteiger partial charge in [0.1, 0.15) is 0 Å². The summed E-state index contributed by atoms with van der Waals surface area (Å²) in [6.07, 6.45) is 2.46. The van der Waals surface area contributed by atoms with E-state index in [1.165, 1.54) is 4.57 Å². The molecular weight excluding hydrogens is 186 g/mol. The van der Waals surface area contributed by atoms with Crippen molar-refractivity contribution in [1.29, 1.82) is 0 Å². The van der Waals surface area contributed by atoms with Crippen LogP contribution in [0.25, 0.3) is 10.8 Å². The fraction of sp³-hybridized carbons (Fsp3) is 0.154. The lowest BCUT2D eigenvalue weighted by molar-refractivity contribution is 1.05. The van der Waals surface area contributed by atoms with E-state index in [1.807, 2.05) is 37.3 Å². The van der Waals surface area contributed by atoms with E-state index >= 15 is 0 Å². The van der Waals surface area contributed by atoms with Gasteiger partial charge in [0.05, 0.1) is 0 Å². The van der Waals surface area contributed by atoms with E-state index in [4.69, 9.17) is 0 Å². The molecule has 15 heavy (non-hydrogen) atoms. The molecule has 1 aromatic heterocycles. The van der Waals surface area contributed by atoms with E-state index in [0.717, 1.165) is 11.8 Å². The molecule has 2 nitrogen and oxygen atoms in total. The Hall–Kier alpha value is -2.01. The van der Waals surface area contributed by atoms with Crippen molar-refractivity contribution in [2.75, 3.05) is 0 Å². The maximum absolute atomic E-state index is 11.9. The molecule has 0 unspecified atom stereocenters. The van der Waals surface area contributed by atoms with Crippen molar-refractivity contribution < 1.29 is 0 Å². The lowest BCUT2D eigenvalue weighted by Gasteiger charge is -1.98. The maximum atomic E-state index is 11.9. The quantitative estimate of drug-likeness (QED) is 0.593. The van der Waals surface area contributed by atoms with Crippen LogP contribution in [0.3, 0.4) is 0 Å². The smallest absolute Gasteiger partial charge is 0.268 e. The molecule has 0 saturated carbocycles. The average molecular weight is 197 g/mol. The van der Waals surface area contributed by atoms with Gasteiger partial charge in [-0.15, -0.1) is 0 Å². The monoisotopic (exact) mass is 197 g/mol. The second-order valence-electron chi connectivity index (χ2n) is 3.22. The van der Waals surface area contributed by atoms with Crippen LogP contribution in [0, 0.1) is 12.0 Å². The summed E-state index contributed by atoms with van der Waals surface area (Å²) in [7, 11) is 0. The number of pyridine rings is 1. The second kappa shape index (κ2) is 4.02. The standard InChI is InChI=1S/C13H11NO/c1-2-3-9-14-10-8-11-6-4-5-7-12(11)13(14)15/h4-8,10H,2H2,1H3. The van der Waals surface area contributed by atoms with E-state index in [0.29, 0.717) is 5.39 Å². The van der Waals surface area contributed by atoms with Gasteiger partial charge in [-0.25, -0.2) is 4.57 Å². The highest BCUT2D eigenvalue weighted by Gasteiger charge is 1.98. The first-order chi connectivity index (χ1) is 7.33. The number of nitrogens with zero attached hydrogens (tertiary/aromatic N) is 1. The van der Waals surface area contributed by atoms with Crippen molar-refractivity contribution in [2.45, 2.75) is 13.3 Å². The number of rotatable bonds is 0. The Morgan fingerprint density at radius 2 is 2.07 bits per heavy atom. The molecule has 0 spiro atoms. The van der Waals surface area contributed by atoms with Gasteiger partial charge >= 0.3 is 0 Å². The summed E-state index contributed by atoms with van der Waals surface area (Å²) in [5.41, 5.74) is -0.0472. The molecular formula is C13H11NO. The van der Waals surface area contributed by atoms with E-state index in [2.05, 4.69) is 12.0 Å². The van der Waals surface area contributed by atoms with Crippen LogP contribution in [0.4, 0.5) is 0 Å². The van der Waals surface area contributed by atoms with Crippen molar-refractivity contribution in [2.24, 2.45) is 0 Å². The van der Waals surface area contributed by atoms with Crippen LogP contribution in [0.1, 0.15) is 13.3 Å². The molecule has 74 valence electrons. The predicted octanol–water partition coefficient (Wildman–Crippen LogP) is 2.22. The van der Waals surface area contributed by atoms with Gasteiger partial charge in [0.25, 0.3) is 5.56 Å². The Morgan fingerprint density at radius 3 is 2.87 bits per heavy atom. The van der Waals surface area contributed by atoms with Crippen molar-refractivity contribution >= 4 is 10.8 Å². The Balaban J connectivity index is 2.71. The molecule has 0 atom stereocenters. The zero-order valence-electron chi connectivity index (χ0n) is 8.53. The highest BCUT2D eigenvalue weighted by Crippen LogP contribution is 2.07. The van der Waals surface area contributed by atoms with E-state index in [9.17, 15) is 4.79 Å². The first kappa shape index (κ1) is 9.54. The number of hydrogen-bond acceptors (Lipinski definition) is 1. The average Bonchev–Trinajstić information content (AvgIpc) is 2.29. The SMILES string of the molecule is CCC#Cn1ccc2ccccc2c1=O. The molecule has 2 heteroatoms. The summed E-state index contributed by atoms with van der Waals surface area (Å²) in [4.78, 5) is 11.9. The van der Waals surface area contributed by atoms with Gasteiger partial charge in [-0.2, -0.15) is 0 Å². The molecule has 0 fully saturated rings. The number of aromatic nitrogens is 1. The topological polar surface area (TPSA) is 22.0 Å². The minimum absolute atomic E-state index is 0.0472. The van der Waals surface area contributed by atoms with Crippen LogP contribution < -0.4 is 5.56 Å². The number of hydrogen-bond donors (Lipinski definition) is 0. The Labute approximate surface area is 88.2 Å². The van der Waals surface area contributed by atoms with Gasteiger partial charge in [0.15, 0.2) is 0 Å². The lowest BCUT2D eigenvalue weighted by atomic mass is 10.2. The molecule has 2 rings (SSSR count). The predicted molar refractivity (Wildman–Crippen MR) is 61.7 cm³/mol. The summed E-state index contributed by atoms with van der Waals surface area (Å²) < 4.78 is 1.44. The van der Waals surface area contributed by atoms with E-state index < -0.39 is 0 Å². The second-order valence-corrected chi connectivity index (χ2v) is 3.22. The zero-order chi connectivity index (χ0) is 10.7. The van der Waals surface area contributed by atoms with Gasteiger partial charge in [0, 0.05) is 24.0 Å². The van der Waals surface area contributed by atoms with Gasteiger partial charge in [-0.1, -0.05) is 31.0 Å². The van der Waals surface area contributed by atoms with Gasteiger partial charge in [-0.3, -0.25) is 4.79 Å². The summed E-state index contributed by atoms with van der Waals surface area (Å²) in [5, 5.41) is 1.67. The summed E-state index contributed by atoms with van der Waals surface area (Å²) in [6, 6.07) is 12.2. The molecule has 2 aromatic rings. The van der Waals surface area contributed by atoms with Crippen molar-refractivity contribution in [1.82, 2.24) is 4.57 Å². The normalized spacial score (nSPS) is 9.67. The molecule has 0 aliphatic rings. The van der Waals surface area contributed by atoms with Crippen LogP contribution in [0.5, 0.6) is 0 Å². The molecule has 1 aromatic carbocycles. The highest BCUT2D eigenvalue weighted by molar-refractivity contribution is 5.81. The third kappa shape index (κ3) is 1.77. The Kier molecular flexibility index (Phi) is 2.55. The van der Waals surface area contributed by atoms with Gasteiger partial charge in [0.2, 0.25) is 0 Å². The van der Waals surface area contributed by atoms with E-state index in [-0.39, 0.29) is 5.56 Å².